The SMILES string of the molecule is Cc1nc(-c2ccccn2)sc1C(=O)N(C)Cc1ccccc1N1CCCC1. The maximum atomic E-state index is 13.1. The molecule has 0 unspecified atom stereocenters. The van der Waals surface area contributed by atoms with Gasteiger partial charge < -0.3 is 9.80 Å². The zero-order valence-electron chi connectivity index (χ0n) is 16.3. The Bertz CT molecular complexity index is 964. The van der Waals surface area contributed by atoms with Crippen molar-refractivity contribution in [1.29, 1.82) is 0 Å². The Hall–Kier alpha value is -2.73. The molecule has 1 amide bonds. The minimum absolute atomic E-state index is 0.00778. The van der Waals surface area contributed by atoms with Crippen LogP contribution in [0, 0.1) is 6.92 Å². The Balaban J connectivity index is 1.54. The van der Waals surface area contributed by atoms with Crippen LogP contribution in [0.15, 0.2) is 48.7 Å². The van der Waals surface area contributed by atoms with Crippen molar-refractivity contribution in [2.75, 3.05) is 25.0 Å². The number of amides is 1. The quantitative estimate of drug-likeness (QED) is 0.646. The van der Waals surface area contributed by atoms with Gasteiger partial charge in [0.1, 0.15) is 9.88 Å². The van der Waals surface area contributed by atoms with Gasteiger partial charge in [-0.05, 0) is 43.5 Å². The standard InChI is InChI=1S/C22H24N4OS/c1-16-20(28-21(24-16)18-10-5-6-12-23-18)22(27)25(2)15-17-9-3-4-11-19(17)26-13-7-8-14-26/h3-6,9-12H,7-8,13-15H2,1-2H3. The molecule has 0 bridgehead atoms. The van der Waals surface area contributed by atoms with E-state index in [2.05, 4.69) is 33.1 Å². The van der Waals surface area contributed by atoms with Gasteiger partial charge in [0.05, 0.1) is 11.4 Å². The normalized spacial score (nSPS) is 13.7. The summed E-state index contributed by atoms with van der Waals surface area (Å²) < 4.78 is 0. The number of aryl methyl sites for hydroxylation is 1. The lowest BCUT2D eigenvalue weighted by Gasteiger charge is -2.24. The molecule has 0 aliphatic carbocycles. The molecule has 144 valence electrons. The topological polar surface area (TPSA) is 49.3 Å². The molecular formula is C22H24N4OS. The lowest BCUT2D eigenvalue weighted by Crippen LogP contribution is -2.28. The minimum atomic E-state index is 0.00778. The van der Waals surface area contributed by atoms with Crippen LogP contribution in [0.3, 0.4) is 0 Å². The minimum Gasteiger partial charge on any atom is -0.371 e. The molecule has 0 spiro atoms. The number of nitrogens with zero attached hydrogens (tertiary/aromatic N) is 4. The molecule has 4 rings (SSSR count). The first-order valence-corrected chi connectivity index (χ1v) is 10.4. The van der Waals surface area contributed by atoms with Crippen molar-refractivity contribution in [3.05, 3.63) is 64.8 Å². The van der Waals surface area contributed by atoms with E-state index in [1.54, 1.807) is 11.1 Å². The lowest BCUT2D eigenvalue weighted by atomic mass is 10.1. The summed E-state index contributed by atoms with van der Waals surface area (Å²) in [7, 11) is 1.86. The van der Waals surface area contributed by atoms with Gasteiger partial charge in [-0.1, -0.05) is 24.3 Å². The van der Waals surface area contributed by atoms with Gasteiger partial charge >= 0.3 is 0 Å². The van der Waals surface area contributed by atoms with Crippen molar-refractivity contribution in [3.8, 4) is 10.7 Å². The summed E-state index contributed by atoms with van der Waals surface area (Å²) in [5, 5.41) is 0.785. The van der Waals surface area contributed by atoms with Gasteiger partial charge in [-0.25, -0.2) is 4.98 Å². The van der Waals surface area contributed by atoms with E-state index in [1.807, 2.05) is 38.2 Å². The van der Waals surface area contributed by atoms with Crippen molar-refractivity contribution < 1.29 is 4.79 Å². The van der Waals surface area contributed by atoms with Gasteiger partial charge in [0.2, 0.25) is 0 Å². The number of pyridine rings is 1. The predicted octanol–water partition coefficient (Wildman–Crippen LogP) is 4.39. The van der Waals surface area contributed by atoms with Crippen molar-refractivity contribution in [1.82, 2.24) is 14.9 Å². The molecule has 1 saturated heterocycles. The second-order valence-electron chi connectivity index (χ2n) is 7.13. The van der Waals surface area contributed by atoms with E-state index in [1.165, 1.54) is 35.4 Å². The fourth-order valence-corrected chi connectivity index (χ4v) is 4.64. The predicted molar refractivity (Wildman–Crippen MR) is 114 cm³/mol. The van der Waals surface area contributed by atoms with Gasteiger partial charge in [-0.3, -0.25) is 9.78 Å². The maximum Gasteiger partial charge on any atom is 0.265 e. The van der Waals surface area contributed by atoms with Crippen LogP contribution in [0.1, 0.15) is 33.8 Å². The van der Waals surface area contributed by atoms with Crippen molar-refractivity contribution in [2.45, 2.75) is 26.3 Å². The number of carbonyl (C=O) groups is 1. The van der Waals surface area contributed by atoms with Crippen LogP contribution in [-0.2, 0) is 6.54 Å². The summed E-state index contributed by atoms with van der Waals surface area (Å²) in [6.45, 7) is 4.66. The molecule has 3 aromatic rings. The van der Waals surface area contributed by atoms with Crippen LogP contribution < -0.4 is 4.90 Å². The highest BCUT2D eigenvalue weighted by atomic mass is 32.1. The molecule has 1 aliphatic heterocycles. The van der Waals surface area contributed by atoms with E-state index >= 15 is 0 Å². The number of thiazole rings is 1. The fourth-order valence-electron chi connectivity index (χ4n) is 3.61. The molecule has 28 heavy (non-hydrogen) atoms. The number of benzene rings is 1. The Morgan fingerprint density at radius 2 is 1.89 bits per heavy atom. The van der Waals surface area contributed by atoms with E-state index in [0.717, 1.165) is 29.5 Å². The van der Waals surface area contributed by atoms with E-state index in [0.29, 0.717) is 11.4 Å². The van der Waals surface area contributed by atoms with E-state index in [9.17, 15) is 4.79 Å². The average molecular weight is 393 g/mol. The lowest BCUT2D eigenvalue weighted by molar-refractivity contribution is 0.0789. The van der Waals surface area contributed by atoms with Crippen LogP contribution in [0.5, 0.6) is 0 Å². The molecule has 0 atom stereocenters. The highest BCUT2D eigenvalue weighted by molar-refractivity contribution is 7.17. The summed E-state index contributed by atoms with van der Waals surface area (Å²) in [6, 6.07) is 14.1. The number of rotatable bonds is 5. The Kier molecular flexibility index (Phi) is 5.39. The third-order valence-corrected chi connectivity index (χ3v) is 6.24. The average Bonchev–Trinajstić information content (AvgIpc) is 3.38. The molecule has 3 heterocycles. The third kappa shape index (κ3) is 3.78. The van der Waals surface area contributed by atoms with Gasteiger partial charge in [-0.15, -0.1) is 11.3 Å². The van der Waals surface area contributed by atoms with Crippen LogP contribution in [0.25, 0.3) is 10.7 Å². The monoisotopic (exact) mass is 392 g/mol. The maximum absolute atomic E-state index is 13.1. The molecule has 1 aliphatic rings. The molecule has 5 nitrogen and oxygen atoms in total. The summed E-state index contributed by atoms with van der Waals surface area (Å²) >= 11 is 1.41. The van der Waals surface area contributed by atoms with Crippen LogP contribution >= 0.6 is 11.3 Å². The van der Waals surface area contributed by atoms with Gasteiger partial charge in [0.15, 0.2) is 0 Å². The molecule has 0 saturated carbocycles. The first kappa shape index (κ1) is 18.6. The smallest absolute Gasteiger partial charge is 0.265 e. The molecule has 1 aromatic carbocycles. The molecule has 0 N–H and O–H groups in total. The number of aromatic nitrogens is 2. The van der Waals surface area contributed by atoms with E-state index < -0.39 is 0 Å². The molecule has 1 fully saturated rings. The number of hydrogen-bond donors (Lipinski definition) is 0. The molecule has 2 aromatic heterocycles. The largest absolute Gasteiger partial charge is 0.371 e. The second-order valence-corrected chi connectivity index (χ2v) is 8.13. The Morgan fingerprint density at radius 1 is 1.14 bits per heavy atom. The van der Waals surface area contributed by atoms with Crippen molar-refractivity contribution in [2.24, 2.45) is 0 Å². The number of hydrogen-bond acceptors (Lipinski definition) is 5. The van der Waals surface area contributed by atoms with Gasteiger partial charge in [0, 0.05) is 38.6 Å². The summed E-state index contributed by atoms with van der Waals surface area (Å²) in [5.41, 5.74) is 3.99. The summed E-state index contributed by atoms with van der Waals surface area (Å²) in [5.74, 6) is 0.00778. The first-order valence-electron chi connectivity index (χ1n) is 9.60. The molecule has 0 radical (unpaired) electrons. The van der Waals surface area contributed by atoms with Crippen molar-refractivity contribution in [3.63, 3.8) is 0 Å². The highest BCUT2D eigenvalue weighted by Gasteiger charge is 2.22. The third-order valence-electron chi connectivity index (χ3n) is 5.07. The highest BCUT2D eigenvalue weighted by Crippen LogP contribution is 2.29. The Labute approximate surface area is 169 Å². The number of anilines is 1. The van der Waals surface area contributed by atoms with E-state index in [-0.39, 0.29) is 5.91 Å². The van der Waals surface area contributed by atoms with Crippen LogP contribution in [0.2, 0.25) is 0 Å². The Morgan fingerprint density at radius 3 is 2.64 bits per heavy atom. The van der Waals surface area contributed by atoms with E-state index in [4.69, 9.17) is 0 Å². The second kappa shape index (κ2) is 8.10. The van der Waals surface area contributed by atoms with Crippen LogP contribution in [-0.4, -0.2) is 40.9 Å². The molecule has 6 heteroatoms. The molecular weight excluding hydrogens is 368 g/mol. The zero-order chi connectivity index (χ0) is 19.5. The summed E-state index contributed by atoms with van der Waals surface area (Å²) in [6.07, 6.45) is 4.22. The van der Waals surface area contributed by atoms with Crippen LogP contribution in [0.4, 0.5) is 5.69 Å². The number of para-hydroxylation sites is 1. The summed E-state index contributed by atoms with van der Waals surface area (Å²) in [4.78, 5) is 26.9. The van der Waals surface area contributed by atoms with Crippen molar-refractivity contribution >= 4 is 22.9 Å². The first-order chi connectivity index (χ1) is 13.6. The fraction of sp³-hybridized carbons (Fsp3) is 0.318. The van der Waals surface area contributed by atoms with Gasteiger partial charge in [-0.2, -0.15) is 0 Å². The zero-order valence-corrected chi connectivity index (χ0v) is 17.1. The number of carbonyl (C=O) groups excluding carboxylic acids is 1. The van der Waals surface area contributed by atoms with Gasteiger partial charge in [0.25, 0.3) is 5.91 Å².